The van der Waals surface area contributed by atoms with E-state index in [0.717, 1.165) is 12.2 Å². The summed E-state index contributed by atoms with van der Waals surface area (Å²) in [6, 6.07) is 15.6. The summed E-state index contributed by atoms with van der Waals surface area (Å²) >= 11 is 0. The van der Waals surface area contributed by atoms with E-state index >= 15 is 0 Å². The van der Waals surface area contributed by atoms with Gasteiger partial charge in [0.2, 0.25) is 10.0 Å². The van der Waals surface area contributed by atoms with E-state index in [2.05, 4.69) is 41.2 Å². The van der Waals surface area contributed by atoms with Gasteiger partial charge >= 0.3 is 0 Å². The van der Waals surface area contributed by atoms with E-state index < -0.39 is 10.0 Å². The lowest BCUT2D eigenvalue weighted by Crippen LogP contribution is -2.14. The molecule has 0 aliphatic heterocycles. The maximum Gasteiger partial charge on any atom is 0.232 e. The third kappa shape index (κ3) is 4.79. The quantitative estimate of drug-likeness (QED) is 0.860. The van der Waals surface area contributed by atoms with Crippen molar-refractivity contribution in [3.8, 4) is 0 Å². The van der Waals surface area contributed by atoms with Gasteiger partial charge in [-0.3, -0.25) is 4.72 Å². The maximum atomic E-state index is 11.5. The van der Waals surface area contributed by atoms with Crippen LogP contribution in [0.1, 0.15) is 18.1 Å². The molecule has 2 aromatic rings. The predicted molar refractivity (Wildman–Crippen MR) is 88.0 cm³/mol. The van der Waals surface area contributed by atoms with Crippen molar-refractivity contribution in [1.29, 1.82) is 0 Å². The van der Waals surface area contributed by atoms with Crippen molar-refractivity contribution >= 4 is 21.4 Å². The van der Waals surface area contributed by atoms with Gasteiger partial charge in [0.15, 0.2) is 0 Å². The SMILES string of the molecule is CCS(=O)(=O)Nc1ccc(NCc2ccc(C)cc2)cc1. The van der Waals surface area contributed by atoms with Gasteiger partial charge in [0.25, 0.3) is 0 Å². The van der Waals surface area contributed by atoms with Crippen LogP contribution in [-0.4, -0.2) is 14.2 Å². The van der Waals surface area contributed by atoms with Crippen molar-refractivity contribution < 1.29 is 8.42 Å². The Morgan fingerprint density at radius 1 is 0.905 bits per heavy atom. The van der Waals surface area contributed by atoms with Gasteiger partial charge in [-0.15, -0.1) is 0 Å². The smallest absolute Gasteiger partial charge is 0.232 e. The predicted octanol–water partition coefficient (Wildman–Crippen LogP) is 3.37. The second kappa shape index (κ2) is 6.63. The molecule has 0 heterocycles. The summed E-state index contributed by atoms with van der Waals surface area (Å²) in [7, 11) is -3.22. The molecule has 0 amide bonds. The van der Waals surface area contributed by atoms with E-state index in [1.807, 2.05) is 12.1 Å². The number of aryl methyl sites for hydroxylation is 1. The highest BCUT2D eigenvalue weighted by atomic mass is 32.2. The molecule has 0 spiro atoms. The van der Waals surface area contributed by atoms with Crippen LogP contribution in [0.4, 0.5) is 11.4 Å². The number of anilines is 2. The molecule has 0 aliphatic carbocycles. The summed E-state index contributed by atoms with van der Waals surface area (Å²) in [5.41, 5.74) is 3.98. The second-order valence-corrected chi connectivity index (χ2v) is 6.93. The minimum Gasteiger partial charge on any atom is -0.381 e. The summed E-state index contributed by atoms with van der Waals surface area (Å²) in [4.78, 5) is 0. The Morgan fingerprint density at radius 2 is 1.48 bits per heavy atom. The van der Waals surface area contributed by atoms with Crippen molar-refractivity contribution in [3.05, 3.63) is 59.7 Å². The standard InChI is InChI=1S/C16H20N2O2S/c1-3-21(19,20)18-16-10-8-15(9-11-16)17-12-14-6-4-13(2)5-7-14/h4-11,17-18H,3,12H2,1-2H3. The molecule has 2 aromatic carbocycles. The van der Waals surface area contributed by atoms with Crippen LogP contribution in [0.15, 0.2) is 48.5 Å². The lowest BCUT2D eigenvalue weighted by molar-refractivity contribution is 0.602. The Hall–Kier alpha value is -2.01. The molecule has 0 unspecified atom stereocenters. The first-order chi connectivity index (χ1) is 9.98. The third-order valence-electron chi connectivity index (χ3n) is 3.16. The Morgan fingerprint density at radius 3 is 2.05 bits per heavy atom. The number of hydrogen-bond acceptors (Lipinski definition) is 3. The Bertz CT molecular complexity index is 677. The second-order valence-electron chi connectivity index (χ2n) is 4.92. The molecule has 2 N–H and O–H groups in total. The minimum absolute atomic E-state index is 0.0699. The molecule has 0 saturated heterocycles. The summed E-state index contributed by atoms with van der Waals surface area (Å²) in [5, 5.41) is 3.31. The molecule has 0 saturated carbocycles. The number of benzene rings is 2. The van der Waals surface area contributed by atoms with Crippen molar-refractivity contribution in [3.63, 3.8) is 0 Å². The fraction of sp³-hybridized carbons (Fsp3) is 0.250. The highest BCUT2D eigenvalue weighted by molar-refractivity contribution is 7.92. The van der Waals surface area contributed by atoms with E-state index in [0.29, 0.717) is 5.69 Å². The molecule has 4 nitrogen and oxygen atoms in total. The zero-order chi connectivity index (χ0) is 15.3. The first-order valence-corrected chi connectivity index (χ1v) is 8.54. The largest absolute Gasteiger partial charge is 0.381 e. The van der Waals surface area contributed by atoms with Gasteiger partial charge in [-0.2, -0.15) is 0 Å². The zero-order valence-corrected chi connectivity index (χ0v) is 13.1. The molecule has 112 valence electrons. The molecule has 21 heavy (non-hydrogen) atoms. The molecule has 2 rings (SSSR count). The van der Waals surface area contributed by atoms with Gasteiger partial charge in [-0.1, -0.05) is 29.8 Å². The van der Waals surface area contributed by atoms with Crippen molar-refractivity contribution in [2.75, 3.05) is 15.8 Å². The van der Waals surface area contributed by atoms with Crippen LogP contribution in [0.3, 0.4) is 0 Å². The van der Waals surface area contributed by atoms with Crippen LogP contribution in [-0.2, 0) is 16.6 Å². The average molecular weight is 304 g/mol. The van der Waals surface area contributed by atoms with Gasteiger partial charge < -0.3 is 5.32 Å². The van der Waals surface area contributed by atoms with E-state index in [9.17, 15) is 8.42 Å². The molecular formula is C16H20N2O2S. The number of hydrogen-bond donors (Lipinski definition) is 2. The molecule has 0 aromatic heterocycles. The molecule has 0 atom stereocenters. The fourth-order valence-corrected chi connectivity index (χ4v) is 2.46. The fourth-order valence-electron chi connectivity index (χ4n) is 1.82. The van der Waals surface area contributed by atoms with Crippen LogP contribution >= 0.6 is 0 Å². The summed E-state index contributed by atoms with van der Waals surface area (Å²) in [5.74, 6) is 0.0699. The first kappa shape index (κ1) is 15.4. The van der Waals surface area contributed by atoms with Crippen molar-refractivity contribution in [2.24, 2.45) is 0 Å². The molecular weight excluding hydrogens is 284 g/mol. The van der Waals surface area contributed by atoms with Gasteiger partial charge in [0.05, 0.1) is 5.75 Å². The van der Waals surface area contributed by atoms with Crippen LogP contribution in [0.5, 0.6) is 0 Å². The summed E-state index contributed by atoms with van der Waals surface area (Å²) in [6.07, 6.45) is 0. The Balaban J connectivity index is 1.95. The molecule has 0 fully saturated rings. The third-order valence-corrected chi connectivity index (χ3v) is 4.46. The summed E-state index contributed by atoms with van der Waals surface area (Å²) in [6.45, 7) is 4.41. The van der Waals surface area contributed by atoms with Crippen LogP contribution in [0.25, 0.3) is 0 Å². The van der Waals surface area contributed by atoms with E-state index in [-0.39, 0.29) is 5.75 Å². The van der Waals surface area contributed by atoms with Gasteiger partial charge in [0, 0.05) is 17.9 Å². The molecule has 5 heteroatoms. The van der Waals surface area contributed by atoms with E-state index in [1.54, 1.807) is 19.1 Å². The topological polar surface area (TPSA) is 58.2 Å². The minimum atomic E-state index is -3.22. The summed E-state index contributed by atoms with van der Waals surface area (Å²) < 4.78 is 25.4. The van der Waals surface area contributed by atoms with Crippen LogP contribution in [0.2, 0.25) is 0 Å². The Labute approximate surface area is 126 Å². The highest BCUT2D eigenvalue weighted by Crippen LogP contribution is 2.16. The van der Waals surface area contributed by atoms with Gasteiger partial charge in [-0.25, -0.2) is 8.42 Å². The molecule has 0 aliphatic rings. The zero-order valence-electron chi connectivity index (χ0n) is 12.3. The number of nitrogens with one attached hydrogen (secondary N) is 2. The average Bonchev–Trinajstić information content (AvgIpc) is 2.48. The first-order valence-electron chi connectivity index (χ1n) is 6.88. The maximum absolute atomic E-state index is 11.5. The monoisotopic (exact) mass is 304 g/mol. The molecule has 0 radical (unpaired) electrons. The Kier molecular flexibility index (Phi) is 4.85. The van der Waals surface area contributed by atoms with Gasteiger partial charge in [-0.05, 0) is 43.7 Å². The van der Waals surface area contributed by atoms with E-state index in [1.165, 1.54) is 11.1 Å². The van der Waals surface area contributed by atoms with Crippen molar-refractivity contribution in [1.82, 2.24) is 0 Å². The highest BCUT2D eigenvalue weighted by Gasteiger charge is 2.06. The number of sulfonamides is 1. The van der Waals surface area contributed by atoms with Crippen LogP contribution < -0.4 is 10.0 Å². The van der Waals surface area contributed by atoms with Gasteiger partial charge in [0.1, 0.15) is 0 Å². The molecule has 0 bridgehead atoms. The lowest BCUT2D eigenvalue weighted by Gasteiger charge is -2.09. The number of rotatable bonds is 6. The lowest BCUT2D eigenvalue weighted by atomic mass is 10.1. The van der Waals surface area contributed by atoms with Crippen LogP contribution in [0, 0.1) is 6.92 Å². The normalized spacial score (nSPS) is 11.1. The van der Waals surface area contributed by atoms with Crippen molar-refractivity contribution in [2.45, 2.75) is 20.4 Å². The van der Waals surface area contributed by atoms with E-state index in [4.69, 9.17) is 0 Å².